The zero-order chi connectivity index (χ0) is 30.0. The summed E-state index contributed by atoms with van der Waals surface area (Å²) in [5.41, 5.74) is -0.691. The molecule has 1 atom stereocenters. The van der Waals surface area contributed by atoms with E-state index in [1.54, 1.807) is 42.5 Å². The predicted octanol–water partition coefficient (Wildman–Crippen LogP) is 5.63. The number of sulfonamides is 1. The topological polar surface area (TPSA) is 66.4 Å². The van der Waals surface area contributed by atoms with Crippen molar-refractivity contribution < 1.29 is 26.7 Å². The molecule has 4 aromatic carbocycles. The Morgan fingerprint density at radius 3 is 2.00 bits per heavy atom. The van der Waals surface area contributed by atoms with E-state index in [-0.39, 0.29) is 10.6 Å². The van der Waals surface area contributed by atoms with Crippen LogP contribution in [0.5, 0.6) is 0 Å². The second-order valence-electron chi connectivity index (χ2n) is 10.8. The van der Waals surface area contributed by atoms with E-state index in [1.807, 2.05) is 42.9 Å². The van der Waals surface area contributed by atoms with Crippen molar-refractivity contribution in [3.8, 4) is 11.5 Å². The minimum atomic E-state index is -5.17. The van der Waals surface area contributed by atoms with Crippen molar-refractivity contribution in [1.29, 1.82) is 0 Å². The van der Waals surface area contributed by atoms with E-state index in [0.717, 1.165) is 35.3 Å². The van der Waals surface area contributed by atoms with Crippen LogP contribution >= 0.6 is 0 Å². The molecular weight excluding hydrogens is 576 g/mol. The van der Waals surface area contributed by atoms with Gasteiger partial charge in [-0.1, -0.05) is 103 Å². The number of halogens is 3. The second-order valence-corrected chi connectivity index (χ2v) is 16.1. The smallest absolute Gasteiger partial charge is 0.366 e. The Balaban J connectivity index is 1.54. The molecule has 42 heavy (non-hydrogen) atoms. The fourth-order valence-corrected chi connectivity index (χ4v) is 9.03. The molecule has 4 nitrogen and oxygen atoms in total. The van der Waals surface area contributed by atoms with Crippen LogP contribution in [0, 0.1) is 17.4 Å². The van der Waals surface area contributed by atoms with Gasteiger partial charge in [0.15, 0.2) is 8.07 Å². The van der Waals surface area contributed by atoms with Gasteiger partial charge in [-0.05, 0) is 59.3 Å². The summed E-state index contributed by atoms with van der Waals surface area (Å²) >= 11 is 0. The van der Waals surface area contributed by atoms with Crippen molar-refractivity contribution in [2.45, 2.75) is 42.5 Å². The molecule has 1 fully saturated rings. The van der Waals surface area contributed by atoms with E-state index >= 15 is 0 Å². The molecule has 9 heteroatoms. The van der Waals surface area contributed by atoms with Gasteiger partial charge in [0.25, 0.3) is 10.0 Å². The third-order valence-corrected chi connectivity index (χ3v) is 12.7. The monoisotopic (exact) mass is 605 g/mol. The van der Waals surface area contributed by atoms with E-state index in [2.05, 4.69) is 16.2 Å². The third kappa shape index (κ3) is 6.16. The Morgan fingerprint density at radius 1 is 0.857 bits per heavy atom. The van der Waals surface area contributed by atoms with Crippen molar-refractivity contribution in [3.63, 3.8) is 0 Å². The van der Waals surface area contributed by atoms with Crippen molar-refractivity contribution >= 4 is 34.2 Å². The molecule has 0 heterocycles. The van der Waals surface area contributed by atoms with Gasteiger partial charge in [0.05, 0.1) is 4.90 Å². The first kappa shape index (κ1) is 29.6. The van der Waals surface area contributed by atoms with E-state index in [1.165, 1.54) is 18.2 Å². The summed E-state index contributed by atoms with van der Waals surface area (Å²) in [6, 6.07) is 29.5. The summed E-state index contributed by atoms with van der Waals surface area (Å²) in [6.07, 6.45) is -2.47. The maximum atomic E-state index is 14.6. The number of anilines is 1. The summed E-state index contributed by atoms with van der Waals surface area (Å²) in [6.45, 7) is 1.84. The lowest BCUT2D eigenvalue weighted by Crippen LogP contribution is -2.55. The van der Waals surface area contributed by atoms with E-state index in [4.69, 9.17) is 0 Å². The highest BCUT2D eigenvalue weighted by Gasteiger charge is 2.55. The maximum absolute atomic E-state index is 14.6. The normalized spacial score (nSPS) is 15.3. The highest BCUT2D eigenvalue weighted by atomic mass is 32.2. The molecule has 4 aromatic rings. The number of hydrogen-bond acceptors (Lipinski definition) is 3. The number of rotatable bonds is 8. The van der Waals surface area contributed by atoms with Crippen LogP contribution in [0.25, 0.3) is 0 Å². The molecule has 1 aliphatic rings. The molecule has 1 aliphatic carbocycles. The fraction of sp³-hybridized carbons (Fsp3) is 0.212. The molecule has 5 rings (SSSR count). The largest absolute Gasteiger partial charge is 0.433 e. The summed E-state index contributed by atoms with van der Waals surface area (Å²) in [7, 11) is -7.18. The zero-order valence-corrected chi connectivity index (χ0v) is 24.7. The van der Waals surface area contributed by atoms with Gasteiger partial charge in [0, 0.05) is 11.3 Å². The van der Waals surface area contributed by atoms with Crippen LogP contribution in [0.4, 0.5) is 18.9 Å². The van der Waals surface area contributed by atoms with E-state index in [0.29, 0.717) is 17.9 Å². The molecule has 1 unspecified atom stereocenters. The number of hydrogen-bond donors (Lipinski definition) is 2. The van der Waals surface area contributed by atoms with Gasteiger partial charge < -0.3 is 5.11 Å². The van der Waals surface area contributed by atoms with Crippen molar-refractivity contribution in [3.05, 3.63) is 120 Å². The molecule has 2 N–H and O–H groups in total. The minimum absolute atomic E-state index is 0.0840. The third-order valence-electron chi connectivity index (χ3n) is 7.61. The highest BCUT2D eigenvalue weighted by molar-refractivity contribution is 7.92. The van der Waals surface area contributed by atoms with Crippen LogP contribution < -0.4 is 15.1 Å². The van der Waals surface area contributed by atoms with Gasteiger partial charge in [0.2, 0.25) is 5.60 Å². The Morgan fingerprint density at radius 2 is 1.43 bits per heavy atom. The first-order valence-electron chi connectivity index (χ1n) is 13.6. The Hall–Kier alpha value is -3.84. The number of aliphatic hydroxyl groups is 1. The quantitative estimate of drug-likeness (QED) is 0.202. The molecule has 0 aliphatic heterocycles. The zero-order valence-electron chi connectivity index (χ0n) is 22.9. The molecule has 0 saturated heterocycles. The van der Waals surface area contributed by atoms with Gasteiger partial charge in [-0.2, -0.15) is 13.2 Å². The molecule has 0 bridgehead atoms. The van der Waals surface area contributed by atoms with Gasteiger partial charge >= 0.3 is 6.18 Å². The average molecular weight is 606 g/mol. The van der Waals surface area contributed by atoms with Crippen LogP contribution in [-0.4, -0.2) is 27.8 Å². The first-order chi connectivity index (χ1) is 19.9. The SMILES string of the molecule is C[Si](C#CC(O)(c1cccc(NS(=O)(=O)c2ccccc2CC2CC2)c1)C(F)(F)F)(c1ccccc1)c1ccccc1. The number of alkyl halides is 3. The molecular formula is C33H30F3NO3SSi. The van der Waals surface area contributed by atoms with Crippen LogP contribution in [0.1, 0.15) is 24.0 Å². The maximum Gasteiger partial charge on any atom is 0.433 e. The van der Waals surface area contributed by atoms with Gasteiger partial charge in [-0.25, -0.2) is 8.42 Å². The van der Waals surface area contributed by atoms with Crippen molar-refractivity contribution in [2.75, 3.05) is 4.72 Å². The fourth-order valence-electron chi connectivity index (χ4n) is 4.96. The molecule has 0 aromatic heterocycles. The van der Waals surface area contributed by atoms with Crippen LogP contribution in [0.2, 0.25) is 6.55 Å². The van der Waals surface area contributed by atoms with Crippen molar-refractivity contribution in [1.82, 2.24) is 0 Å². The van der Waals surface area contributed by atoms with Gasteiger partial charge in [-0.3, -0.25) is 4.72 Å². The van der Waals surface area contributed by atoms with Crippen LogP contribution in [-0.2, 0) is 22.0 Å². The highest BCUT2D eigenvalue weighted by Crippen LogP contribution is 2.40. The Bertz CT molecular complexity index is 1690. The summed E-state index contributed by atoms with van der Waals surface area (Å²) in [5.74, 6) is 2.65. The average Bonchev–Trinajstić information content (AvgIpc) is 3.80. The lowest BCUT2D eigenvalue weighted by molar-refractivity contribution is -0.240. The van der Waals surface area contributed by atoms with Gasteiger partial charge in [-0.15, -0.1) is 5.54 Å². The number of nitrogens with one attached hydrogen (secondary N) is 1. The van der Waals surface area contributed by atoms with Crippen molar-refractivity contribution in [2.24, 2.45) is 5.92 Å². The first-order valence-corrected chi connectivity index (χ1v) is 17.6. The van der Waals surface area contributed by atoms with Crippen LogP contribution in [0.3, 0.4) is 0 Å². The van der Waals surface area contributed by atoms with E-state index in [9.17, 15) is 26.7 Å². The lowest BCUT2D eigenvalue weighted by atomic mass is 9.94. The van der Waals surface area contributed by atoms with E-state index < -0.39 is 35.4 Å². The molecule has 0 radical (unpaired) electrons. The predicted molar refractivity (Wildman–Crippen MR) is 162 cm³/mol. The Labute approximate surface area is 245 Å². The van der Waals surface area contributed by atoms with Gasteiger partial charge in [0.1, 0.15) is 0 Å². The standard InChI is InChI=1S/C33H30F3NO3SSi/c1-42(29-14-4-2-5-15-29,30-16-6-3-7-17-30)22-21-32(38,33(34,35)36)27-12-10-13-28(24-27)37-41(39,40)31-18-9-8-11-26(31)23-25-19-20-25/h2-18,24-25,37-38H,19-20,23H2,1H3. The van der Waals surface area contributed by atoms with Crippen LogP contribution in [0.15, 0.2) is 114 Å². The molecule has 0 amide bonds. The summed E-state index contributed by atoms with van der Waals surface area (Å²) in [5, 5.41) is 12.8. The summed E-state index contributed by atoms with van der Waals surface area (Å²) in [4.78, 5) is 0.0840. The minimum Gasteiger partial charge on any atom is -0.366 e. The molecule has 0 spiro atoms. The Kier molecular flexibility index (Phi) is 8.08. The number of benzene rings is 4. The molecule has 216 valence electrons. The molecule has 1 saturated carbocycles. The summed E-state index contributed by atoms with van der Waals surface area (Å²) < 4.78 is 72.9. The second kappa shape index (κ2) is 11.4. The lowest BCUT2D eigenvalue weighted by Gasteiger charge is -2.28.